The highest BCUT2D eigenvalue weighted by molar-refractivity contribution is 7.80. The van der Waals surface area contributed by atoms with Crippen LogP contribution in [0, 0.1) is 0 Å². The van der Waals surface area contributed by atoms with Gasteiger partial charge in [-0.3, -0.25) is 0 Å². The molecule has 0 N–H and O–H groups in total. The Balaban J connectivity index is 2.11. The number of thiocarbonyl (C=S) groups is 1. The van der Waals surface area contributed by atoms with E-state index in [0.29, 0.717) is 0 Å². The van der Waals surface area contributed by atoms with Gasteiger partial charge in [-0.05, 0) is 30.4 Å². The van der Waals surface area contributed by atoms with Crippen molar-refractivity contribution in [3.8, 4) is 5.75 Å². The number of benzene rings is 2. The molecule has 1 saturated heterocycles. The number of hydrogen-bond donors (Lipinski definition) is 0. The molecule has 19 heavy (non-hydrogen) atoms. The van der Waals surface area contributed by atoms with Gasteiger partial charge in [0, 0.05) is 24.0 Å². The first kappa shape index (κ1) is 12.4. The maximum absolute atomic E-state index is 5.67. The number of nitrogens with zero attached hydrogens (tertiary/aromatic N) is 1. The molecular formula is C16H17NOS. The van der Waals surface area contributed by atoms with Gasteiger partial charge in [0.2, 0.25) is 0 Å². The summed E-state index contributed by atoms with van der Waals surface area (Å²) in [6.07, 6.45) is 2.49. The highest BCUT2D eigenvalue weighted by Crippen LogP contribution is 2.29. The van der Waals surface area contributed by atoms with E-state index >= 15 is 0 Å². The number of hydrogen-bond acceptors (Lipinski definition) is 2. The van der Waals surface area contributed by atoms with Crippen molar-refractivity contribution >= 4 is 28.0 Å². The lowest BCUT2D eigenvalue weighted by Crippen LogP contribution is -2.26. The van der Waals surface area contributed by atoms with Gasteiger partial charge < -0.3 is 9.64 Å². The minimum Gasteiger partial charge on any atom is -0.496 e. The monoisotopic (exact) mass is 271 g/mol. The Kier molecular flexibility index (Phi) is 3.38. The smallest absolute Gasteiger partial charge is 0.126 e. The molecular weight excluding hydrogens is 254 g/mol. The largest absolute Gasteiger partial charge is 0.496 e. The number of methoxy groups -OCH3 is 1. The van der Waals surface area contributed by atoms with Crippen LogP contribution in [0.25, 0.3) is 10.8 Å². The van der Waals surface area contributed by atoms with E-state index in [9.17, 15) is 0 Å². The van der Waals surface area contributed by atoms with E-state index in [0.717, 1.165) is 34.8 Å². The summed E-state index contributed by atoms with van der Waals surface area (Å²) in [6, 6.07) is 12.4. The van der Waals surface area contributed by atoms with Crippen LogP contribution in [0.5, 0.6) is 5.75 Å². The molecule has 2 aromatic rings. The number of ether oxygens (including phenoxy) is 1. The topological polar surface area (TPSA) is 12.5 Å². The van der Waals surface area contributed by atoms with Crippen LogP contribution in [0.1, 0.15) is 18.4 Å². The molecule has 1 aliphatic rings. The first-order valence-electron chi connectivity index (χ1n) is 6.66. The predicted molar refractivity (Wildman–Crippen MR) is 83.0 cm³/mol. The maximum atomic E-state index is 5.67. The zero-order valence-corrected chi connectivity index (χ0v) is 11.9. The lowest BCUT2D eigenvalue weighted by Gasteiger charge is -2.20. The van der Waals surface area contributed by atoms with E-state index < -0.39 is 0 Å². The van der Waals surface area contributed by atoms with Gasteiger partial charge >= 0.3 is 0 Å². The molecule has 1 aliphatic heterocycles. The second kappa shape index (κ2) is 5.17. The fourth-order valence-corrected chi connectivity index (χ4v) is 3.09. The van der Waals surface area contributed by atoms with Gasteiger partial charge in [-0.1, -0.05) is 36.5 Å². The van der Waals surface area contributed by atoms with Crippen molar-refractivity contribution in [3.05, 3.63) is 42.0 Å². The standard InChI is InChI=1S/C16H17NOS/c1-18-15-9-8-14(12-6-2-3-7-13(12)15)16(19)17-10-4-5-11-17/h2-3,6-9H,4-5,10-11H2,1H3. The Morgan fingerprint density at radius 2 is 1.74 bits per heavy atom. The Hall–Kier alpha value is -1.61. The number of rotatable bonds is 2. The van der Waals surface area contributed by atoms with Crippen LogP contribution in [0.2, 0.25) is 0 Å². The van der Waals surface area contributed by atoms with Crippen molar-refractivity contribution in [1.29, 1.82) is 0 Å². The molecule has 0 unspecified atom stereocenters. The zero-order chi connectivity index (χ0) is 13.2. The molecule has 1 fully saturated rings. The first-order valence-corrected chi connectivity index (χ1v) is 7.07. The van der Waals surface area contributed by atoms with E-state index in [1.54, 1.807) is 7.11 Å². The summed E-state index contributed by atoms with van der Waals surface area (Å²) in [6.45, 7) is 2.17. The van der Waals surface area contributed by atoms with E-state index in [1.807, 2.05) is 12.1 Å². The van der Waals surface area contributed by atoms with Crippen LogP contribution < -0.4 is 4.74 Å². The summed E-state index contributed by atoms with van der Waals surface area (Å²) in [5, 5.41) is 2.31. The molecule has 0 aromatic heterocycles. The van der Waals surface area contributed by atoms with E-state index in [2.05, 4.69) is 29.2 Å². The lowest BCUT2D eigenvalue weighted by molar-refractivity contribution is 0.420. The molecule has 0 spiro atoms. The summed E-state index contributed by atoms with van der Waals surface area (Å²) in [4.78, 5) is 3.28. The first-order chi connectivity index (χ1) is 9.31. The average Bonchev–Trinajstić information content (AvgIpc) is 2.99. The predicted octanol–water partition coefficient (Wildman–Crippen LogP) is 3.62. The Bertz CT molecular complexity index is 617. The van der Waals surface area contributed by atoms with Crippen molar-refractivity contribution in [2.24, 2.45) is 0 Å². The molecule has 0 bridgehead atoms. The fourth-order valence-electron chi connectivity index (χ4n) is 2.73. The summed E-state index contributed by atoms with van der Waals surface area (Å²) < 4.78 is 5.43. The molecule has 2 aromatic carbocycles. The third-order valence-corrected chi connectivity index (χ3v) is 4.21. The van der Waals surface area contributed by atoms with Gasteiger partial charge in [0.1, 0.15) is 10.7 Å². The fraction of sp³-hybridized carbons (Fsp3) is 0.312. The van der Waals surface area contributed by atoms with Crippen molar-refractivity contribution in [2.45, 2.75) is 12.8 Å². The quantitative estimate of drug-likeness (QED) is 0.774. The van der Waals surface area contributed by atoms with Crippen molar-refractivity contribution in [2.75, 3.05) is 20.2 Å². The van der Waals surface area contributed by atoms with Crippen LogP contribution in [-0.4, -0.2) is 30.1 Å². The molecule has 0 amide bonds. The molecule has 2 nitrogen and oxygen atoms in total. The second-order valence-electron chi connectivity index (χ2n) is 4.86. The average molecular weight is 271 g/mol. The highest BCUT2D eigenvalue weighted by atomic mass is 32.1. The van der Waals surface area contributed by atoms with Crippen LogP contribution >= 0.6 is 12.2 Å². The zero-order valence-electron chi connectivity index (χ0n) is 11.1. The van der Waals surface area contributed by atoms with E-state index in [4.69, 9.17) is 17.0 Å². The molecule has 0 radical (unpaired) electrons. The Labute approximate surface area is 119 Å². The third-order valence-electron chi connectivity index (χ3n) is 3.73. The third kappa shape index (κ3) is 2.19. The number of fused-ring (bicyclic) bond motifs is 1. The van der Waals surface area contributed by atoms with Gasteiger partial charge in [0.05, 0.1) is 7.11 Å². The van der Waals surface area contributed by atoms with Gasteiger partial charge in [-0.25, -0.2) is 0 Å². The molecule has 0 saturated carbocycles. The summed E-state index contributed by atoms with van der Waals surface area (Å²) >= 11 is 5.67. The van der Waals surface area contributed by atoms with Gasteiger partial charge in [0.25, 0.3) is 0 Å². The van der Waals surface area contributed by atoms with Crippen LogP contribution in [0.15, 0.2) is 36.4 Å². The van der Waals surface area contributed by atoms with Gasteiger partial charge in [0.15, 0.2) is 0 Å². The van der Waals surface area contributed by atoms with E-state index in [-0.39, 0.29) is 0 Å². The Morgan fingerprint density at radius 1 is 1.05 bits per heavy atom. The molecule has 98 valence electrons. The highest BCUT2D eigenvalue weighted by Gasteiger charge is 2.18. The summed E-state index contributed by atoms with van der Waals surface area (Å²) in [5.41, 5.74) is 1.15. The number of likely N-dealkylation sites (tertiary alicyclic amines) is 1. The second-order valence-corrected chi connectivity index (χ2v) is 5.25. The molecule has 0 atom stereocenters. The van der Waals surface area contributed by atoms with Gasteiger partial charge in [-0.15, -0.1) is 0 Å². The minimum absolute atomic E-state index is 0.906. The summed E-state index contributed by atoms with van der Waals surface area (Å²) in [7, 11) is 1.71. The molecule has 3 rings (SSSR count). The van der Waals surface area contributed by atoms with Crippen LogP contribution in [0.3, 0.4) is 0 Å². The SMILES string of the molecule is COc1ccc(C(=S)N2CCCC2)c2ccccc12. The Morgan fingerprint density at radius 3 is 2.42 bits per heavy atom. The minimum atomic E-state index is 0.906. The van der Waals surface area contributed by atoms with Crippen molar-refractivity contribution in [1.82, 2.24) is 4.90 Å². The molecule has 1 heterocycles. The normalized spacial score (nSPS) is 14.9. The summed E-state index contributed by atoms with van der Waals surface area (Å²) in [5.74, 6) is 0.906. The van der Waals surface area contributed by atoms with Crippen molar-refractivity contribution < 1.29 is 4.74 Å². The van der Waals surface area contributed by atoms with Gasteiger partial charge in [-0.2, -0.15) is 0 Å². The molecule has 3 heteroatoms. The molecule has 0 aliphatic carbocycles. The maximum Gasteiger partial charge on any atom is 0.126 e. The lowest BCUT2D eigenvalue weighted by atomic mass is 10.0. The van der Waals surface area contributed by atoms with Crippen molar-refractivity contribution in [3.63, 3.8) is 0 Å². The van der Waals surface area contributed by atoms with E-state index in [1.165, 1.54) is 18.2 Å². The van der Waals surface area contributed by atoms with Crippen LogP contribution in [0.4, 0.5) is 0 Å². The van der Waals surface area contributed by atoms with Crippen LogP contribution in [-0.2, 0) is 0 Å².